The molecule has 10 heterocycles. The highest BCUT2D eigenvalue weighted by Crippen LogP contribution is 2.48. The van der Waals surface area contributed by atoms with Gasteiger partial charge in [0, 0.05) is 152 Å². The number of nitrogens with zero attached hydrogens (tertiary/aromatic N) is 5. The molecule has 138 heavy (non-hydrogen) atoms. The number of rotatable bonds is 12. The Kier molecular flexibility index (Phi) is 30.4. The summed E-state index contributed by atoms with van der Waals surface area (Å²) in [6.07, 6.45) is -3.16. The van der Waals surface area contributed by atoms with E-state index in [1.54, 1.807) is 59.9 Å². The van der Waals surface area contributed by atoms with Gasteiger partial charge in [-0.05, 0) is 274 Å². The Balaban J connectivity index is 0.000000125. The number of nitrogens with one attached hydrogen (secondary N) is 5. The third-order valence-corrected chi connectivity index (χ3v) is 26.2. The molecule has 718 valence electrons. The van der Waals surface area contributed by atoms with Gasteiger partial charge in [-0.25, -0.2) is 37.1 Å². The van der Waals surface area contributed by atoms with Crippen LogP contribution in [0.3, 0.4) is 0 Å². The van der Waals surface area contributed by atoms with Gasteiger partial charge in [0.2, 0.25) is 0 Å². The molecule has 5 aliphatic heterocycles. The van der Waals surface area contributed by atoms with E-state index in [1.165, 1.54) is 58.4 Å². The van der Waals surface area contributed by atoms with Crippen LogP contribution in [0.15, 0.2) is 206 Å². The summed E-state index contributed by atoms with van der Waals surface area (Å²) in [6, 6.07) is 55.8. The van der Waals surface area contributed by atoms with E-state index in [-0.39, 0.29) is 54.8 Å². The van der Waals surface area contributed by atoms with Gasteiger partial charge in [-0.15, -0.1) is 11.6 Å². The lowest BCUT2D eigenvalue weighted by Gasteiger charge is -2.36. The highest BCUT2D eigenvalue weighted by atomic mass is 35.5. The zero-order valence-electron chi connectivity index (χ0n) is 75.7. The van der Waals surface area contributed by atoms with Gasteiger partial charge in [0.1, 0.15) is 60.0 Å². The summed E-state index contributed by atoms with van der Waals surface area (Å²) in [5, 5.41) is 8.94. The average molecular weight is 2020 g/mol. The number of carbonyl (C=O) groups is 5. The smallest absolute Gasteiger partial charge is 0.416 e. The molecule has 0 aliphatic carbocycles. The fourth-order valence-electron chi connectivity index (χ4n) is 18.9. The molecule has 5 atom stereocenters. The number of ether oxygens (including phenoxy) is 6. The number of hydrogen-bond donors (Lipinski definition) is 5. The predicted molar refractivity (Wildman–Crippen MR) is 526 cm³/mol. The monoisotopic (exact) mass is 2020 g/mol. The molecule has 0 saturated heterocycles. The summed E-state index contributed by atoms with van der Waals surface area (Å²) in [4.78, 5) is 88.4. The molecule has 20 rings (SSSR count). The molecule has 0 fully saturated rings. The number of aromatic amines is 5. The van der Waals surface area contributed by atoms with Gasteiger partial charge in [0.05, 0.1) is 44.5 Å². The number of hydrogen-bond acceptors (Lipinski definition) is 11. The SMILES string of the molecule is CC(C)OC(=O)N1CCc2c([nH]c3ccc(Cl)cc23)C1c1cccc(C(F)(F)F)c1.CC(C)OC(=O)N1CCc2c([nH]c3ccc(Cl)cc23)C1c1cccc(Cl)c1.CCCOC(=O)N1CCc2c([nH]c3ccc(Cl)cc23)C1c1cccc(OC)c1.COC(=O)N1CCc2c([nH]c3ccc(Cl)cc23)C1c1cccc(F)c1.O=C(OCCCl)N1CCc2c([nH]c3ccc(Cl)cc23)C1c1cc(F)cc(F)c1. The molecular formula is C104H95Cl7F6N10O11. The van der Waals surface area contributed by atoms with E-state index < -0.39 is 59.8 Å². The largest absolute Gasteiger partial charge is 0.497 e. The number of amides is 5. The summed E-state index contributed by atoms with van der Waals surface area (Å²) >= 11 is 42.7. The fourth-order valence-corrected chi connectivity index (χ4v) is 20.1. The van der Waals surface area contributed by atoms with Crippen molar-refractivity contribution in [3.05, 3.63) is 344 Å². The van der Waals surface area contributed by atoms with Crippen molar-refractivity contribution < 1.29 is 78.7 Å². The molecular weight excluding hydrogens is 1930 g/mol. The Labute approximate surface area is 825 Å². The second-order valence-electron chi connectivity index (χ2n) is 34.2. The number of benzene rings is 10. The predicted octanol–water partition coefficient (Wildman–Crippen LogP) is 27.7. The topological polar surface area (TPSA) is 236 Å². The molecule has 5 aromatic heterocycles. The van der Waals surface area contributed by atoms with E-state index in [1.807, 2.05) is 154 Å². The molecule has 0 spiro atoms. The van der Waals surface area contributed by atoms with E-state index >= 15 is 0 Å². The number of methoxy groups -OCH3 is 2. The maximum atomic E-state index is 13.9. The second kappa shape index (κ2) is 42.6. The van der Waals surface area contributed by atoms with Crippen molar-refractivity contribution in [1.29, 1.82) is 0 Å². The van der Waals surface area contributed by atoms with Crippen LogP contribution in [0.25, 0.3) is 54.5 Å². The van der Waals surface area contributed by atoms with Crippen molar-refractivity contribution in [2.75, 3.05) is 66.0 Å². The Bertz CT molecular complexity index is 7060. The zero-order chi connectivity index (χ0) is 97.8. The molecule has 5 N–H and O–H groups in total. The van der Waals surface area contributed by atoms with Gasteiger partial charge < -0.3 is 53.3 Å². The van der Waals surface area contributed by atoms with Crippen LogP contribution in [0.1, 0.15) is 161 Å². The number of H-pyrrole nitrogens is 5. The van der Waals surface area contributed by atoms with Crippen LogP contribution in [-0.4, -0.2) is 158 Å². The third kappa shape index (κ3) is 21.3. The normalized spacial score (nSPS) is 16.5. The Hall–Kier alpha value is -12.3. The summed E-state index contributed by atoms with van der Waals surface area (Å²) in [7, 11) is 3.00. The Morgan fingerprint density at radius 2 is 0.674 bits per heavy atom. The molecule has 0 saturated carbocycles. The van der Waals surface area contributed by atoms with Crippen molar-refractivity contribution in [2.24, 2.45) is 0 Å². The Morgan fingerprint density at radius 3 is 1.01 bits per heavy atom. The van der Waals surface area contributed by atoms with Crippen LogP contribution in [-0.2, 0) is 62.0 Å². The number of carbonyl (C=O) groups excluding carboxylic acids is 5. The standard InChI is InChI=1S/C22H20ClF3N2O2.C22H23ClN2O3.C21H20Cl2N2O2.C20H16Cl2F2N2O2.C19H16ClFN2O2/c1-12(2)30-21(29)28-9-8-16-17-11-15(23)6-7-18(17)27-19(16)20(28)13-4-3-5-14(10-13)22(24,25)26;1-3-11-28-22(26)25-10-9-17-18-13-15(23)7-8-19(18)24-20(17)21(25)14-5-4-6-16(12-14)27-2;1-12(2)27-21(26)25-9-8-16-17-11-15(23)6-7-18(17)24-19(16)20(25)13-4-3-5-14(22)10-13;21-4-6-28-20(27)26-5-3-15-16-9-12(22)1-2-17(16)25-18(15)19(26)11-7-13(23)10-14(24)8-11;1-25-19(24)23-8-7-14-15-10-12(20)5-6-16(15)22-17(14)18(23)11-3-2-4-13(21)9-11/h3-7,10-12,20,27H,8-9H2,1-2H3;4-8,12-13,21,24H,3,9-11H2,1-2H3;3-7,10-12,20,24H,8-9H2,1-2H3;1-2,7-10,19,25H,3-6H2;2-6,9-10,18,22H,7-8H2,1H3. The van der Waals surface area contributed by atoms with E-state index in [4.69, 9.17) is 110 Å². The van der Waals surface area contributed by atoms with Gasteiger partial charge in [0.15, 0.2) is 0 Å². The molecule has 5 amide bonds. The van der Waals surface area contributed by atoms with Crippen molar-refractivity contribution in [2.45, 2.75) is 122 Å². The van der Waals surface area contributed by atoms with E-state index in [0.29, 0.717) is 117 Å². The first-order valence-electron chi connectivity index (χ1n) is 44.8. The molecule has 5 unspecified atom stereocenters. The van der Waals surface area contributed by atoms with E-state index in [9.17, 15) is 50.3 Å². The van der Waals surface area contributed by atoms with Crippen molar-refractivity contribution >= 4 is 166 Å². The van der Waals surface area contributed by atoms with E-state index in [2.05, 4.69) is 24.9 Å². The molecule has 5 aliphatic rings. The van der Waals surface area contributed by atoms with Crippen molar-refractivity contribution in [1.82, 2.24) is 49.4 Å². The third-order valence-electron chi connectivity index (χ3n) is 24.7. The maximum Gasteiger partial charge on any atom is 0.416 e. The van der Waals surface area contributed by atoms with E-state index in [0.717, 1.165) is 143 Å². The summed E-state index contributed by atoms with van der Waals surface area (Å²) in [6.45, 7) is 11.9. The van der Waals surface area contributed by atoms with Crippen molar-refractivity contribution in [3.8, 4) is 5.75 Å². The van der Waals surface area contributed by atoms with Gasteiger partial charge in [-0.3, -0.25) is 24.5 Å². The van der Waals surface area contributed by atoms with Crippen LogP contribution in [0, 0.1) is 17.5 Å². The minimum absolute atomic E-state index is 0.0519. The summed E-state index contributed by atoms with van der Waals surface area (Å²) < 4.78 is 114. The van der Waals surface area contributed by atoms with Crippen LogP contribution in [0.5, 0.6) is 5.75 Å². The maximum absolute atomic E-state index is 13.9. The fraction of sp³-hybridized carbons (Fsp3) is 0.279. The highest BCUT2D eigenvalue weighted by Gasteiger charge is 2.43. The highest BCUT2D eigenvalue weighted by molar-refractivity contribution is 6.33. The molecule has 0 radical (unpaired) electrons. The molecule has 34 heteroatoms. The summed E-state index contributed by atoms with van der Waals surface area (Å²) in [5.41, 5.74) is 16.8. The number of fused-ring (bicyclic) bond motifs is 15. The lowest BCUT2D eigenvalue weighted by atomic mass is 9.92. The first kappa shape index (κ1) is 98.7. The first-order valence-corrected chi connectivity index (χ1v) is 47.6. The Morgan fingerprint density at radius 1 is 0.362 bits per heavy atom. The van der Waals surface area contributed by atoms with Gasteiger partial charge in [-0.1, -0.05) is 125 Å². The van der Waals surface area contributed by atoms with Crippen LogP contribution in [0.4, 0.5) is 50.3 Å². The van der Waals surface area contributed by atoms with Crippen LogP contribution < -0.4 is 4.74 Å². The number of halogens is 13. The lowest BCUT2D eigenvalue weighted by Crippen LogP contribution is -2.41. The molecule has 15 aromatic rings. The van der Waals surface area contributed by atoms with Gasteiger partial charge in [-0.2, -0.15) is 13.2 Å². The zero-order valence-corrected chi connectivity index (χ0v) is 81.0. The minimum atomic E-state index is -4.48. The van der Waals surface area contributed by atoms with Crippen molar-refractivity contribution in [3.63, 3.8) is 0 Å². The quantitative estimate of drug-likeness (QED) is 0.0438. The molecule has 0 bridgehead atoms. The summed E-state index contributed by atoms with van der Waals surface area (Å²) in [5.74, 6) is -0.848. The van der Waals surface area contributed by atoms with Crippen LogP contribution >= 0.6 is 81.2 Å². The average Bonchev–Trinajstić information content (AvgIpc) is 1.61. The van der Waals surface area contributed by atoms with Gasteiger partial charge in [0.25, 0.3) is 0 Å². The minimum Gasteiger partial charge on any atom is -0.497 e. The lowest BCUT2D eigenvalue weighted by molar-refractivity contribution is -0.137. The molecule has 10 aromatic carbocycles. The second-order valence-corrected chi connectivity index (χ2v) is 37.2. The number of alkyl halides is 4. The van der Waals surface area contributed by atoms with Crippen LogP contribution in [0.2, 0.25) is 30.1 Å². The first-order chi connectivity index (χ1) is 66.3. The molecule has 21 nitrogen and oxygen atoms in total. The van der Waals surface area contributed by atoms with Gasteiger partial charge >= 0.3 is 36.6 Å². The number of aromatic nitrogens is 5.